The molecule has 3 nitrogen and oxygen atoms in total. The largest absolute Gasteiger partial charge is 0.381 e. The van der Waals surface area contributed by atoms with Crippen LogP contribution in [0, 0.1) is 0 Å². The maximum absolute atomic E-state index is 5.73. The Labute approximate surface area is 74.7 Å². The molecule has 3 N–H and O–H groups in total. The highest BCUT2D eigenvalue weighted by atomic mass is 16.5. The maximum atomic E-state index is 5.73. The Morgan fingerprint density at radius 3 is 2.42 bits per heavy atom. The summed E-state index contributed by atoms with van der Waals surface area (Å²) >= 11 is 0. The van der Waals surface area contributed by atoms with Gasteiger partial charge in [0.2, 0.25) is 0 Å². The lowest BCUT2D eigenvalue weighted by molar-refractivity contribution is 0.0450. The standard InChI is InChI=1S/C9H20N2O/c1-11-9(7-10)5-3-8(12-2)4-6-9/h8,11H,3-7,10H2,1-2H3. The minimum Gasteiger partial charge on any atom is -0.381 e. The summed E-state index contributed by atoms with van der Waals surface area (Å²) in [4.78, 5) is 0. The minimum atomic E-state index is 0.190. The zero-order valence-electron chi connectivity index (χ0n) is 8.10. The Morgan fingerprint density at radius 1 is 1.50 bits per heavy atom. The van der Waals surface area contributed by atoms with Gasteiger partial charge < -0.3 is 15.8 Å². The van der Waals surface area contributed by atoms with E-state index in [0.717, 1.165) is 32.2 Å². The first-order valence-electron chi connectivity index (χ1n) is 4.68. The van der Waals surface area contributed by atoms with Crippen molar-refractivity contribution in [2.75, 3.05) is 20.7 Å². The van der Waals surface area contributed by atoms with E-state index in [-0.39, 0.29) is 5.54 Å². The molecule has 0 aromatic rings. The fourth-order valence-corrected chi connectivity index (χ4v) is 1.94. The monoisotopic (exact) mass is 172 g/mol. The van der Waals surface area contributed by atoms with Crippen molar-refractivity contribution in [3.05, 3.63) is 0 Å². The summed E-state index contributed by atoms with van der Waals surface area (Å²) in [5.41, 5.74) is 5.92. The van der Waals surface area contributed by atoms with Crippen LogP contribution < -0.4 is 11.1 Å². The van der Waals surface area contributed by atoms with Crippen LogP contribution in [0.25, 0.3) is 0 Å². The van der Waals surface area contributed by atoms with Gasteiger partial charge in [-0.2, -0.15) is 0 Å². The zero-order chi connectivity index (χ0) is 9.03. The molecule has 0 spiro atoms. The summed E-state index contributed by atoms with van der Waals surface area (Å²) in [6, 6.07) is 0. The summed E-state index contributed by atoms with van der Waals surface area (Å²) in [7, 11) is 3.79. The molecule has 0 heterocycles. The second-order valence-electron chi connectivity index (χ2n) is 3.67. The topological polar surface area (TPSA) is 47.3 Å². The quantitative estimate of drug-likeness (QED) is 0.651. The molecule has 0 aliphatic heterocycles. The number of hydrogen-bond acceptors (Lipinski definition) is 3. The molecule has 1 saturated carbocycles. The predicted octanol–water partition coefficient (Wildman–Crippen LogP) is 0.492. The Bertz CT molecular complexity index is 124. The summed E-state index contributed by atoms with van der Waals surface area (Å²) in [6.45, 7) is 0.736. The van der Waals surface area contributed by atoms with Crippen molar-refractivity contribution in [2.45, 2.75) is 37.3 Å². The second kappa shape index (κ2) is 4.21. The molecule has 12 heavy (non-hydrogen) atoms. The Hall–Kier alpha value is -0.120. The normalized spacial score (nSPS) is 36.8. The first kappa shape index (κ1) is 9.96. The third-order valence-electron chi connectivity index (χ3n) is 3.14. The number of rotatable bonds is 3. The second-order valence-corrected chi connectivity index (χ2v) is 3.67. The molecule has 1 fully saturated rings. The van der Waals surface area contributed by atoms with Crippen LogP contribution in [0.15, 0.2) is 0 Å². The molecule has 3 heteroatoms. The van der Waals surface area contributed by atoms with Crippen molar-refractivity contribution < 1.29 is 4.74 Å². The minimum absolute atomic E-state index is 0.190. The Morgan fingerprint density at radius 2 is 2.08 bits per heavy atom. The molecule has 1 aliphatic carbocycles. The molecule has 72 valence electrons. The van der Waals surface area contributed by atoms with Gasteiger partial charge in [0, 0.05) is 19.2 Å². The van der Waals surface area contributed by atoms with Crippen LogP contribution in [0.2, 0.25) is 0 Å². The van der Waals surface area contributed by atoms with Gasteiger partial charge in [-0.05, 0) is 32.7 Å². The Kier molecular flexibility index (Phi) is 3.50. The van der Waals surface area contributed by atoms with Gasteiger partial charge >= 0.3 is 0 Å². The van der Waals surface area contributed by atoms with Crippen LogP contribution in [0.5, 0.6) is 0 Å². The SMILES string of the molecule is CNC1(CN)CCC(OC)CC1. The number of hydrogen-bond donors (Lipinski definition) is 2. The van der Waals surface area contributed by atoms with E-state index in [1.54, 1.807) is 7.11 Å². The molecule has 0 unspecified atom stereocenters. The van der Waals surface area contributed by atoms with Gasteiger partial charge in [-0.3, -0.25) is 0 Å². The smallest absolute Gasteiger partial charge is 0.0572 e. The first-order valence-corrected chi connectivity index (χ1v) is 4.68. The van der Waals surface area contributed by atoms with Crippen LogP contribution in [-0.4, -0.2) is 32.3 Å². The third kappa shape index (κ3) is 1.97. The van der Waals surface area contributed by atoms with E-state index < -0.39 is 0 Å². The average molecular weight is 172 g/mol. The van der Waals surface area contributed by atoms with Crippen molar-refractivity contribution in [1.29, 1.82) is 0 Å². The van der Waals surface area contributed by atoms with Crippen molar-refractivity contribution in [3.8, 4) is 0 Å². The summed E-state index contributed by atoms with van der Waals surface area (Å²) in [6.07, 6.45) is 5.00. The lowest BCUT2D eigenvalue weighted by atomic mass is 9.80. The molecule has 0 saturated heterocycles. The molecule has 0 aromatic heterocycles. The summed E-state index contributed by atoms with van der Waals surface area (Å²) < 4.78 is 5.30. The van der Waals surface area contributed by atoms with Gasteiger partial charge in [-0.1, -0.05) is 0 Å². The fraction of sp³-hybridized carbons (Fsp3) is 1.00. The van der Waals surface area contributed by atoms with E-state index in [1.165, 1.54) is 0 Å². The highest BCUT2D eigenvalue weighted by Crippen LogP contribution is 2.28. The molecular formula is C9H20N2O. The van der Waals surface area contributed by atoms with Crippen LogP contribution in [0.1, 0.15) is 25.7 Å². The Balaban J connectivity index is 2.42. The number of nitrogens with one attached hydrogen (secondary N) is 1. The fourth-order valence-electron chi connectivity index (χ4n) is 1.94. The van der Waals surface area contributed by atoms with Crippen LogP contribution in [-0.2, 0) is 4.74 Å². The summed E-state index contributed by atoms with van der Waals surface area (Å²) in [5.74, 6) is 0. The first-order chi connectivity index (χ1) is 5.76. The van der Waals surface area contributed by atoms with Crippen LogP contribution >= 0.6 is 0 Å². The van der Waals surface area contributed by atoms with Crippen molar-refractivity contribution in [2.24, 2.45) is 5.73 Å². The van der Waals surface area contributed by atoms with Crippen LogP contribution in [0.4, 0.5) is 0 Å². The van der Waals surface area contributed by atoms with Gasteiger partial charge in [-0.15, -0.1) is 0 Å². The molecule has 0 amide bonds. The van der Waals surface area contributed by atoms with Crippen molar-refractivity contribution in [1.82, 2.24) is 5.32 Å². The average Bonchev–Trinajstić information content (AvgIpc) is 2.18. The lowest BCUT2D eigenvalue weighted by Crippen LogP contribution is -2.52. The van der Waals surface area contributed by atoms with E-state index in [9.17, 15) is 0 Å². The maximum Gasteiger partial charge on any atom is 0.0572 e. The molecule has 0 bridgehead atoms. The molecule has 0 radical (unpaired) electrons. The van der Waals surface area contributed by atoms with Gasteiger partial charge in [-0.25, -0.2) is 0 Å². The number of nitrogens with two attached hydrogens (primary N) is 1. The van der Waals surface area contributed by atoms with E-state index in [4.69, 9.17) is 10.5 Å². The lowest BCUT2D eigenvalue weighted by Gasteiger charge is -2.38. The molecular weight excluding hydrogens is 152 g/mol. The summed E-state index contributed by atoms with van der Waals surface area (Å²) in [5, 5.41) is 3.33. The van der Waals surface area contributed by atoms with E-state index >= 15 is 0 Å². The van der Waals surface area contributed by atoms with E-state index in [0.29, 0.717) is 6.10 Å². The third-order valence-corrected chi connectivity index (χ3v) is 3.14. The van der Waals surface area contributed by atoms with Gasteiger partial charge in [0.25, 0.3) is 0 Å². The zero-order valence-corrected chi connectivity index (χ0v) is 8.10. The highest BCUT2D eigenvalue weighted by Gasteiger charge is 2.32. The molecule has 0 aromatic carbocycles. The number of methoxy groups -OCH3 is 1. The van der Waals surface area contributed by atoms with Gasteiger partial charge in [0.05, 0.1) is 6.10 Å². The van der Waals surface area contributed by atoms with E-state index in [2.05, 4.69) is 5.32 Å². The predicted molar refractivity (Wildman–Crippen MR) is 50.1 cm³/mol. The number of ether oxygens (including phenoxy) is 1. The van der Waals surface area contributed by atoms with Crippen LogP contribution in [0.3, 0.4) is 0 Å². The molecule has 1 rings (SSSR count). The van der Waals surface area contributed by atoms with E-state index in [1.807, 2.05) is 7.05 Å². The highest BCUT2D eigenvalue weighted by molar-refractivity contribution is 4.92. The van der Waals surface area contributed by atoms with Crippen molar-refractivity contribution in [3.63, 3.8) is 0 Å². The van der Waals surface area contributed by atoms with Crippen molar-refractivity contribution >= 4 is 0 Å². The van der Waals surface area contributed by atoms with Gasteiger partial charge in [0.1, 0.15) is 0 Å². The molecule has 0 atom stereocenters. The molecule has 1 aliphatic rings. The van der Waals surface area contributed by atoms with Gasteiger partial charge in [0.15, 0.2) is 0 Å². The number of likely N-dealkylation sites (N-methyl/N-ethyl adjacent to an activating group) is 1.